The zero-order chi connectivity index (χ0) is 20.7. The summed E-state index contributed by atoms with van der Waals surface area (Å²) in [5.41, 5.74) is 0.0648. The fraction of sp³-hybridized carbons (Fsp3) is 0.750. The summed E-state index contributed by atoms with van der Waals surface area (Å²) in [6.07, 6.45) is 4.99. The quantitative estimate of drug-likeness (QED) is 0.554. The third-order valence-electron chi connectivity index (χ3n) is 6.47. The van der Waals surface area contributed by atoms with Crippen LogP contribution in [0.5, 0.6) is 0 Å². The molecule has 0 aromatic heterocycles. The van der Waals surface area contributed by atoms with Gasteiger partial charge in [-0.2, -0.15) is 0 Å². The van der Waals surface area contributed by atoms with Gasteiger partial charge in [-0.3, -0.25) is 19.4 Å². The first-order valence-electron chi connectivity index (χ1n) is 10.5. The number of carboxylic acid groups (broad SMARTS) is 1. The van der Waals surface area contributed by atoms with Crippen molar-refractivity contribution in [3.05, 3.63) is 9.93 Å². The van der Waals surface area contributed by atoms with Gasteiger partial charge in [-0.25, -0.2) is 4.79 Å². The van der Waals surface area contributed by atoms with E-state index in [0.29, 0.717) is 23.0 Å². The van der Waals surface area contributed by atoms with Crippen LogP contribution >= 0.6 is 23.5 Å². The summed E-state index contributed by atoms with van der Waals surface area (Å²) in [6, 6.07) is 0. The number of amides is 1. The Morgan fingerprint density at radius 1 is 1.28 bits per heavy atom. The van der Waals surface area contributed by atoms with Gasteiger partial charge in [-0.05, 0) is 32.2 Å². The number of thioether (sulfide) groups is 2. The Labute approximate surface area is 179 Å². The minimum Gasteiger partial charge on any atom is -0.477 e. The molecule has 3 fully saturated rings. The minimum atomic E-state index is -1.09. The second kappa shape index (κ2) is 8.61. The number of rotatable bonds is 8. The van der Waals surface area contributed by atoms with E-state index in [9.17, 15) is 24.6 Å². The van der Waals surface area contributed by atoms with Crippen molar-refractivity contribution in [2.45, 2.75) is 62.2 Å². The molecule has 2 saturated heterocycles. The standard InChI is InChI=1S/C20H28N2O5S2/c1-2-13(23)15-17(25)22-16(19(26)27)20(29-18(15)22)28-12-7-8-21(9-12)10-14(24)11-5-3-4-6-11/h11-13,15,18,23H,2-10H2,1H3,(H,26,27)/t12?,13-,15+,18+/m0/s1. The van der Waals surface area contributed by atoms with Crippen LogP contribution in [0.2, 0.25) is 0 Å². The van der Waals surface area contributed by atoms with E-state index in [1.807, 2.05) is 6.92 Å². The van der Waals surface area contributed by atoms with Crippen LogP contribution in [0.4, 0.5) is 0 Å². The molecular weight excluding hydrogens is 412 g/mol. The monoisotopic (exact) mass is 440 g/mol. The highest BCUT2D eigenvalue weighted by molar-refractivity contribution is 8.23. The number of carbonyl (C=O) groups excluding carboxylic acids is 2. The second-order valence-corrected chi connectivity index (χ2v) is 11.1. The number of hydrogen-bond acceptors (Lipinski definition) is 7. The number of Topliss-reactive ketones (excluding diaryl/α,β-unsaturated/α-hetero) is 1. The SMILES string of the molecule is CC[C@H](O)[C@@H]1C(=O)N2C(C(=O)O)=C(SC3CCN(CC(=O)C4CCCC4)C3)S[C@H]12. The summed E-state index contributed by atoms with van der Waals surface area (Å²) < 4.78 is 0.663. The Balaban J connectivity index is 1.37. The molecule has 0 aromatic carbocycles. The third-order valence-corrected chi connectivity index (χ3v) is 9.33. The lowest BCUT2D eigenvalue weighted by Gasteiger charge is -2.44. The molecule has 0 aromatic rings. The predicted octanol–water partition coefficient (Wildman–Crippen LogP) is 2.11. The zero-order valence-corrected chi connectivity index (χ0v) is 18.2. The highest BCUT2D eigenvalue weighted by Crippen LogP contribution is 2.55. The molecule has 9 heteroatoms. The molecule has 0 bridgehead atoms. The van der Waals surface area contributed by atoms with Crippen molar-refractivity contribution in [2.75, 3.05) is 19.6 Å². The lowest BCUT2D eigenvalue weighted by molar-refractivity contribution is -0.157. The molecule has 0 spiro atoms. The molecule has 2 N–H and O–H groups in total. The van der Waals surface area contributed by atoms with Crippen molar-refractivity contribution in [2.24, 2.45) is 11.8 Å². The first-order chi connectivity index (χ1) is 13.9. The van der Waals surface area contributed by atoms with Gasteiger partial charge < -0.3 is 10.2 Å². The first kappa shape index (κ1) is 21.2. The van der Waals surface area contributed by atoms with Gasteiger partial charge in [0.25, 0.3) is 0 Å². The number of aliphatic hydroxyl groups is 1. The van der Waals surface area contributed by atoms with E-state index in [-0.39, 0.29) is 28.1 Å². The maximum atomic E-state index is 12.4. The number of fused-ring (bicyclic) bond motifs is 1. The maximum absolute atomic E-state index is 12.4. The fourth-order valence-corrected chi connectivity index (χ4v) is 8.09. The van der Waals surface area contributed by atoms with Crippen molar-refractivity contribution < 1.29 is 24.6 Å². The molecule has 3 heterocycles. The fourth-order valence-electron chi connectivity index (χ4n) is 4.78. The summed E-state index contributed by atoms with van der Waals surface area (Å²) in [7, 11) is 0. The summed E-state index contributed by atoms with van der Waals surface area (Å²) in [5, 5.41) is 19.7. The number of carbonyl (C=O) groups is 3. The lowest BCUT2D eigenvalue weighted by atomic mass is 9.90. The average Bonchev–Trinajstić information content (AvgIpc) is 3.41. The molecule has 1 saturated carbocycles. The Bertz CT molecular complexity index is 736. The van der Waals surface area contributed by atoms with Crippen LogP contribution in [0.15, 0.2) is 9.93 Å². The van der Waals surface area contributed by atoms with Crippen molar-refractivity contribution in [1.82, 2.24) is 9.80 Å². The Hall–Kier alpha value is -1.03. The Morgan fingerprint density at radius 2 is 2.00 bits per heavy atom. The van der Waals surface area contributed by atoms with E-state index in [1.165, 1.54) is 28.4 Å². The van der Waals surface area contributed by atoms with Gasteiger partial charge in [-0.1, -0.05) is 31.5 Å². The molecule has 1 unspecified atom stereocenters. The van der Waals surface area contributed by atoms with Crippen LogP contribution in [-0.4, -0.2) is 74.0 Å². The van der Waals surface area contributed by atoms with Crippen LogP contribution in [-0.2, 0) is 14.4 Å². The van der Waals surface area contributed by atoms with Crippen LogP contribution in [0, 0.1) is 11.8 Å². The smallest absolute Gasteiger partial charge is 0.354 e. The summed E-state index contributed by atoms with van der Waals surface area (Å²) in [6.45, 7) is 3.93. The Kier molecular flexibility index (Phi) is 6.30. The van der Waals surface area contributed by atoms with Gasteiger partial charge in [0.1, 0.15) is 11.2 Å². The molecule has 1 amide bonds. The van der Waals surface area contributed by atoms with Gasteiger partial charge in [0.2, 0.25) is 5.91 Å². The highest BCUT2D eigenvalue weighted by Gasteiger charge is 2.58. The number of likely N-dealkylation sites (tertiary alicyclic amines) is 1. The molecule has 4 rings (SSSR count). The molecule has 29 heavy (non-hydrogen) atoms. The highest BCUT2D eigenvalue weighted by atomic mass is 32.2. The summed E-state index contributed by atoms with van der Waals surface area (Å²) in [4.78, 5) is 40.2. The normalized spacial score (nSPS) is 31.3. The van der Waals surface area contributed by atoms with Crippen molar-refractivity contribution in [3.63, 3.8) is 0 Å². The molecule has 3 aliphatic heterocycles. The number of nitrogens with zero attached hydrogens (tertiary/aromatic N) is 2. The summed E-state index contributed by atoms with van der Waals surface area (Å²) >= 11 is 2.91. The number of aliphatic carboxylic acids is 1. The number of β-lactam (4-membered cyclic amide) rings is 1. The van der Waals surface area contributed by atoms with Crippen LogP contribution in [0.25, 0.3) is 0 Å². The Morgan fingerprint density at radius 3 is 2.66 bits per heavy atom. The van der Waals surface area contributed by atoms with Gasteiger partial charge in [0.15, 0.2) is 5.70 Å². The zero-order valence-electron chi connectivity index (χ0n) is 16.6. The van der Waals surface area contributed by atoms with Gasteiger partial charge in [-0.15, -0.1) is 11.8 Å². The molecule has 7 nitrogen and oxygen atoms in total. The number of hydrogen-bond donors (Lipinski definition) is 2. The molecular formula is C20H28N2O5S2. The number of carboxylic acids is 1. The van der Waals surface area contributed by atoms with E-state index in [2.05, 4.69) is 4.90 Å². The van der Waals surface area contributed by atoms with E-state index in [1.54, 1.807) is 0 Å². The van der Waals surface area contributed by atoms with Gasteiger partial charge in [0.05, 0.1) is 22.8 Å². The van der Waals surface area contributed by atoms with Crippen LogP contribution in [0.3, 0.4) is 0 Å². The van der Waals surface area contributed by atoms with Crippen LogP contribution in [0.1, 0.15) is 45.4 Å². The number of ketones is 1. The predicted molar refractivity (Wildman–Crippen MR) is 112 cm³/mol. The van der Waals surface area contributed by atoms with Crippen LogP contribution < -0.4 is 0 Å². The molecule has 1 aliphatic carbocycles. The largest absolute Gasteiger partial charge is 0.477 e. The summed E-state index contributed by atoms with van der Waals surface area (Å²) in [5.74, 6) is -1.34. The topological polar surface area (TPSA) is 98.2 Å². The minimum absolute atomic E-state index is 0.0648. The van der Waals surface area contributed by atoms with E-state index < -0.39 is 18.0 Å². The maximum Gasteiger partial charge on any atom is 0.354 e. The lowest BCUT2D eigenvalue weighted by Crippen LogP contribution is -2.61. The van der Waals surface area contributed by atoms with Crippen molar-refractivity contribution in [1.29, 1.82) is 0 Å². The van der Waals surface area contributed by atoms with Crippen molar-refractivity contribution in [3.8, 4) is 0 Å². The van der Waals surface area contributed by atoms with Gasteiger partial charge in [0, 0.05) is 17.7 Å². The number of aliphatic hydroxyl groups excluding tert-OH is 1. The molecule has 4 aliphatic rings. The third kappa shape index (κ3) is 3.98. The van der Waals surface area contributed by atoms with Gasteiger partial charge >= 0.3 is 5.97 Å². The van der Waals surface area contributed by atoms with Crippen molar-refractivity contribution >= 4 is 41.2 Å². The van der Waals surface area contributed by atoms with E-state index in [4.69, 9.17) is 0 Å². The first-order valence-corrected chi connectivity index (χ1v) is 12.2. The molecule has 160 valence electrons. The van der Waals surface area contributed by atoms with E-state index in [0.717, 1.165) is 45.2 Å². The molecule has 0 radical (unpaired) electrons. The molecule has 4 atom stereocenters. The second-order valence-electron chi connectivity index (χ2n) is 8.37. The average molecular weight is 441 g/mol. The van der Waals surface area contributed by atoms with E-state index >= 15 is 0 Å².